The number of hydrogen-bond donors (Lipinski definition) is 0. The molecule has 0 amide bonds. The van der Waals surface area contributed by atoms with Crippen LogP contribution in [0.2, 0.25) is 0 Å². The molecule has 0 saturated carbocycles. The maximum absolute atomic E-state index is 0. The molecule has 0 spiro atoms. The van der Waals surface area contributed by atoms with Crippen molar-refractivity contribution >= 4 is 24.8 Å². The van der Waals surface area contributed by atoms with Crippen molar-refractivity contribution in [3.8, 4) is 0 Å². The van der Waals surface area contributed by atoms with E-state index < -0.39 is 0 Å². The summed E-state index contributed by atoms with van der Waals surface area (Å²) in [6.45, 7) is 0. The average molecular weight is 236 g/mol. The van der Waals surface area contributed by atoms with Crippen molar-refractivity contribution in [3.63, 3.8) is 0 Å². The molecule has 0 aromatic rings. The topological polar surface area (TPSA) is 67.0 Å². The molecule has 6 heavy (non-hydrogen) atoms. The van der Waals surface area contributed by atoms with E-state index in [1.807, 2.05) is 0 Å². The van der Waals surface area contributed by atoms with Gasteiger partial charge >= 0.3 is 0 Å². The zero-order valence-corrected chi connectivity index (χ0v) is 11.0. The van der Waals surface area contributed by atoms with Crippen LogP contribution in [0.5, 0.6) is 0 Å². The first-order valence-corrected chi connectivity index (χ1v) is 0. The smallest absolute Gasteiger partial charge is 0 e. The quantitative estimate of drug-likeness (QED) is 0.578. The number of hydrogen-bond acceptors (Lipinski definition) is 0. The molecule has 0 bridgehead atoms. The fourth-order valence-electron chi connectivity index (χ4n) is 0. The Morgan fingerprint density at radius 3 is 0.500 bits per heavy atom. The SMILES string of the molecule is Cl.Cl.[NH2-].[NH2-].[Zn].[Zn]. The first-order chi connectivity index (χ1) is 0. The van der Waals surface area contributed by atoms with Gasteiger partial charge in [0.05, 0.1) is 0 Å². The molecule has 0 aliphatic carbocycles. The zero-order chi connectivity index (χ0) is 0. The third kappa shape index (κ3) is 42.4. The maximum atomic E-state index is 0. The minimum atomic E-state index is 0. The molecule has 0 aliphatic rings. The minimum Gasteiger partial charge on any atom is -0.693 e. The fraction of sp³-hybridized carbons (Fsp3) is 0. The largest absolute Gasteiger partial charge is 0.693 e. The van der Waals surface area contributed by atoms with Crippen LogP contribution in [-0.2, 0) is 39.0 Å². The molecule has 2 nitrogen and oxygen atoms in total. The van der Waals surface area contributed by atoms with Crippen LogP contribution in [0.15, 0.2) is 0 Å². The van der Waals surface area contributed by atoms with Crippen molar-refractivity contribution in [2.75, 3.05) is 0 Å². The van der Waals surface area contributed by atoms with Gasteiger partial charge in [0.15, 0.2) is 0 Å². The third-order valence-corrected chi connectivity index (χ3v) is 0. The van der Waals surface area contributed by atoms with Crippen molar-refractivity contribution in [2.24, 2.45) is 0 Å². The van der Waals surface area contributed by atoms with Crippen LogP contribution >= 0.6 is 24.8 Å². The van der Waals surface area contributed by atoms with E-state index in [1.54, 1.807) is 0 Å². The summed E-state index contributed by atoms with van der Waals surface area (Å²) >= 11 is 0. The first-order valence-electron chi connectivity index (χ1n) is 0. The Hall–Kier alpha value is 1.75. The van der Waals surface area contributed by atoms with E-state index in [0.717, 1.165) is 0 Å². The second kappa shape index (κ2) is 73.0. The second-order valence-electron chi connectivity index (χ2n) is 0. The van der Waals surface area contributed by atoms with Crippen LogP contribution in [0.3, 0.4) is 0 Å². The van der Waals surface area contributed by atoms with E-state index >= 15 is 0 Å². The Bertz CT molecular complexity index is 9.51. The first kappa shape index (κ1) is 116. The van der Waals surface area contributed by atoms with Crippen molar-refractivity contribution in [1.82, 2.24) is 0 Å². The number of nitrogens with two attached hydrogens (primary N) is 2. The van der Waals surface area contributed by atoms with Crippen LogP contribution in [0.4, 0.5) is 0 Å². The van der Waals surface area contributed by atoms with Crippen molar-refractivity contribution in [2.45, 2.75) is 0 Å². The van der Waals surface area contributed by atoms with Gasteiger partial charge in [0.1, 0.15) is 0 Å². The molecule has 6 heteroatoms. The van der Waals surface area contributed by atoms with Crippen LogP contribution in [0.1, 0.15) is 0 Å². The van der Waals surface area contributed by atoms with Gasteiger partial charge in [-0.3, -0.25) is 0 Å². The van der Waals surface area contributed by atoms with Gasteiger partial charge in [-0.15, -0.1) is 24.8 Å². The van der Waals surface area contributed by atoms with Gasteiger partial charge in [0, 0.05) is 39.0 Å². The van der Waals surface area contributed by atoms with E-state index in [1.165, 1.54) is 0 Å². The molecule has 0 unspecified atom stereocenters. The molecule has 0 fully saturated rings. The summed E-state index contributed by atoms with van der Waals surface area (Å²) in [5.41, 5.74) is 0. The van der Waals surface area contributed by atoms with E-state index in [9.17, 15) is 0 Å². The van der Waals surface area contributed by atoms with Crippen LogP contribution in [-0.4, -0.2) is 0 Å². The standard InChI is InChI=1S/2ClH.2H2N.2Zn/h2*1H;2*1H2;;/q;;2*-1;;. The Morgan fingerprint density at radius 1 is 0.500 bits per heavy atom. The van der Waals surface area contributed by atoms with Crippen LogP contribution in [0.25, 0.3) is 12.3 Å². The minimum absolute atomic E-state index is 0. The Morgan fingerprint density at radius 2 is 0.500 bits per heavy atom. The molecular formula is H6Cl2N2Zn2-2. The Kier molecular flexibility index (Phi) is 1410. The summed E-state index contributed by atoms with van der Waals surface area (Å²) in [5, 5.41) is 0. The van der Waals surface area contributed by atoms with E-state index in [2.05, 4.69) is 0 Å². The molecule has 0 atom stereocenters. The molecule has 0 aliphatic heterocycles. The van der Waals surface area contributed by atoms with Gasteiger partial charge in [-0.1, -0.05) is 0 Å². The Labute approximate surface area is 75.7 Å². The number of rotatable bonds is 0. The molecule has 0 aromatic carbocycles. The zero-order valence-electron chi connectivity index (χ0n) is 3.39. The fourth-order valence-corrected chi connectivity index (χ4v) is 0. The predicted octanol–water partition coefficient (Wildman–Crippen LogP) is 2.27. The molecule has 0 heterocycles. The summed E-state index contributed by atoms with van der Waals surface area (Å²) in [5.74, 6) is 0. The van der Waals surface area contributed by atoms with Crippen molar-refractivity contribution in [3.05, 3.63) is 12.3 Å². The second-order valence-corrected chi connectivity index (χ2v) is 0. The molecule has 0 rings (SSSR count). The molecular weight excluding hydrogens is 230 g/mol. The third-order valence-electron chi connectivity index (χ3n) is 0. The molecule has 4 N–H and O–H groups in total. The molecule has 0 saturated heterocycles. The van der Waals surface area contributed by atoms with Gasteiger partial charge in [-0.2, -0.15) is 0 Å². The summed E-state index contributed by atoms with van der Waals surface area (Å²) in [6.07, 6.45) is 0. The van der Waals surface area contributed by atoms with Crippen LogP contribution in [0, 0.1) is 0 Å². The van der Waals surface area contributed by atoms with Crippen molar-refractivity contribution in [1.29, 1.82) is 0 Å². The van der Waals surface area contributed by atoms with Gasteiger partial charge < -0.3 is 12.3 Å². The van der Waals surface area contributed by atoms with Gasteiger partial charge in [0.25, 0.3) is 0 Å². The van der Waals surface area contributed by atoms with Gasteiger partial charge in [0.2, 0.25) is 0 Å². The molecule has 0 radical (unpaired) electrons. The van der Waals surface area contributed by atoms with Gasteiger partial charge in [-0.05, 0) is 0 Å². The summed E-state index contributed by atoms with van der Waals surface area (Å²) in [7, 11) is 0. The predicted molar refractivity (Wildman–Crippen MR) is 25.1 cm³/mol. The average Bonchev–Trinajstić information content (AvgIpc) is 0. The summed E-state index contributed by atoms with van der Waals surface area (Å²) in [4.78, 5) is 0. The normalized spacial score (nSPS) is 0. The molecule has 0 aromatic heterocycles. The van der Waals surface area contributed by atoms with Crippen molar-refractivity contribution < 1.29 is 39.0 Å². The monoisotopic (exact) mass is 232 g/mol. The summed E-state index contributed by atoms with van der Waals surface area (Å²) in [6, 6.07) is 0. The number of halogens is 2. The van der Waals surface area contributed by atoms with Crippen LogP contribution < -0.4 is 0 Å². The summed E-state index contributed by atoms with van der Waals surface area (Å²) < 4.78 is 0. The van der Waals surface area contributed by atoms with E-state index in [-0.39, 0.29) is 76.1 Å². The molecule has 36 valence electrons. The maximum Gasteiger partial charge on any atom is 0 e. The van der Waals surface area contributed by atoms with Gasteiger partial charge in [-0.25, -0.2) is 0 Å². The Balaban J connectivity index is 0. The van der Waals surface area contributed by atoms with E-state index in [0.29, 0.717) is 0 Å². The van der Waals surface area contributed by atoms with E-state index in [4.69, 9.17) is 0 Å².